The largest absolute Gasteiger partial charge is 0.459 e. The first-order valence-corrected chi connectivity index (χ1v) is 12.1. The molecule has 5 rings (SSSR count). The SMILES string of the molecule is O=C(Nc1cccc(NC(=O)c2ccco2)c1)c1ccc(C(=O)Nc2cccc(NC(=O)c3ccco3)c2)cc1. The molecule has 40 heavy (non-hydrogen) atoms. The van der Waals surface area contributed by atoms with Crippen LogP contribution in [0.15, 0.2) is 118 Å². The van der Waals surface area contributed by atoms with Crippen molar-refractivity contribution in [2.75, 3.05) is 21.3 Å². The Labute approximate surface area is 228 Å². The van der Waals surface area contributed by atoms with Crippen molar-refractivity contribution in [2.24, 2.45) is 0 Å². The number of anilines is 4. The molecule has 0 aliphatic heterocycles. The first kappa shape index (κ1) is 25.7. The van der Waals surface area contributed by atoms with Crippen LogP contribution in [-0.4, -0.2) is 23.6 Å². The van der Waals surface area contributed by atoms with Gasteiger partial charge in [0.1, 0.15) is 0 Å². The van der Waals surface area contributed by atoms with Crippen molar-refractivity contribution in [3.05, 3.63) is 132 Å². The number of amides is 4. The normalized spacial score (nSPS) is 10.4. The summed E-state index contributed by atoms with van der Waals surface area (Å²) in [6, 6.07) is 25.8. The highest BCUT2D eigenvalue weighted by molar-refractivity contribution is 6.08. The predicted octanol–water partition coefficient (Wildman–Crippen LogP) is 5.88. The summed E-state index contributed by atoms with van der Waals surface area (Å²) in [6.07, 6.45) is 2.81. The molecule has 0 bridgehead atoms. The lowest BCUT2D eigenvalue weighted by molar-refractivity contribution is 0.0989. The summed E-state index contributed by atoms with van der Waals surface area (Å²) in [6.45, 7) is 0. The lowest BCUT2D eigenvalue weighted by atomic mass is 10.1. The summed E-state index contributed by atoms with van der Waals surface area (Å²) in [5.74, 6) is -1.26. The van der Waals surface area contributed by atoms with Gasteiger partial charge in [-0.3, -0.25) is 19.2 Å². The summed E-state index contributed by atoms with van der Waals surface area (Å²) >= 11 is 0. The number of benzene rings is 3. The standard InChI is InChI=1S/C30H22N4O6/c35-27(31-21-5-1-7-23(17-21)33-29(37)25-9-3-15-39-25)19-11-13-20(14-12-19)28(36)32-22-6-2-8-24(18-22)34-30(38)26-10-4-16-40-26/h1-18H,(H,31,35)(H,32,36)(H,33,37)(H,34,38). The fraction of sp³-hybridized carbons (Fsp3) is 0. The molecule has 0 spiro atoms. The third kappa shape index (κ3) is 6.32. The number of nitrogens with one attached hydrogen (secondary N) is 4. The average molecular weight is 535 g/mol. The highest BCUT2D eigenvalue weighted by Crippen LogP contribution is 2.19. The molecule has 0 unspecified atom stereocenters. The van der Waals surface area contributed by atoms with Crippen LogP contribution in [0.25, 0.3) is 0 Å². The van der Waals surface area contributed by atoms with Gasteiger partial charge in [-0.1, -0.05) is 12.1 Å². The molecule has 198 valence electrons. The van der Waals surface area contributed by atoms with Crippen LogP contribution in [0.3, 0.4) is 0 Å². The van der Waals surface area contributed by atoms with E-state index in [1.807, 2.05) is 0 Å². The van der Waals surface area contributed by atoms with E-state index in [0.29, 0.717) is 33.9 Å². The first-order chi connectivity index (χ1) is 19.4. The third-order valence-corrected chi connectivity index (χ3v) is 5.66. The second kappa shape index (κ2) is 11.7. The van der Waals surface area contributed by atoms with E-state index in [9.17, 15) is 19.2 Å². The topological polar surface area (TPSA) is 143 Å². The molecule has 0 fully saturated rings. The van der Waals surface area contributed by atoms with Gasteiger partial charge >= 0.3 is 0 Å². The molecule has 5 aromatic rings. The molecule has 2 heterocycles. The molecule has 3 aromatic carbocycles. The predicted molar refractivity (Wildman–Crippen MR) is 149 cm³/mol. The maximum absolute atomic E-state index is 12.8. The van der Waals surface area contributed by atoms with Crippen molar-refractivity contribution in [1.29, 1.82) is 0 Å². The molecule has 4 N–H and O–H groups in total. The van der Waals surface area contributed by atoms with E-state index < -0.39 is 11.8 Å². The Balaban J connectivity index is 1.18. The zero-order valence-corrected chi connectivity index (χ0v) is 20.8. The summed E-state index contributed by atoms with van der Waals surface area (Å²) < 4.78 is 10.2. The molecule has 0 atom stereocenters. The van der Waals surface area contributed by atoms with Gasteiger partial charge in [-0.25, -0.2) is 0 Å². The zero-order chi connectivity index (χ0) is 27.9. The average Bonchev–Trinajstić information content (AvgIpc) is 3.69. The molecular formula is C30H22N4O6. The van der Waals surface area contributed by atoms with Crippen molar-refractivity contribution in [1.82, 2.24) is 0 Å². The lowest BCUT2D eigenvalue weighted by Crippen LogP contribution is -2.15. The number of hydrogen-bond donors (Lipinski definition) is 4. The van der Waals surface area contributed by atoms with Gasteiger partial charge in [-0.2, -0.15) is 0 Å². The van der Waals surface area contributed by atoms with Gasteiger partial charge in [-0.05, 0) is 84.9 Å². The first-order valence-electron chi connectivity index (χ1n) is 12.1. The van der Waals surface area contributed by atoms with Crippen LogP contribution in [0.2, 0.25) is 0 Å². The molecule has 0 saturated heterocycles. The van der Waals surface area contributed by atoms with Gasteiger partial charge in [0, 0.05) is 33.9 Å². The molecule has 10 nitrogen and oxygen atoms in total. The maximum Gasteiger partial charge on any atom is 0.291 e. The van der Waals surface area contributed by atoms with Gasteiger partial charge in [0.25, 0.3) is 23.6 Å². The second-order valence-corrected chi connectivity index (χ2v) is 8.51. The number of furan rings is 2. The monoisotopic (exact) mass is 534 g/mol. The van der Waals surface area contributed by atoms with E-state index in [1.165, 1.54) is 36.8 Å². The van der Waals surface area contributed by atoms with Crippen molar-refractivity contribution in [3.63, 3.8) is 0 Å². The Morgan fingerprint density at radius 1 is 0.425 bits per heavy atom. The number of rotatable bonds is 8. The number of carbonyl (C=O) groups is 4. The third-order valence-electron chi connectivity index (χ3n) is 5.66. The Morgan fingerprint density at radius 3 is 1.10 bits per heavy atom. The van der Waals surface area contributed by atoms with Crippen LogP contribution in [0.5, 0.6) is 0 Å². The molecule has 0 radical (unpaired) electrons. The van der Waals surface area contributed by atoms with Crippen LogP contribution < -0.4 is 21.3 Å². The van der Waals surface area contributed by atoms with Crippen molar-refractivity contribution < 1.29 is 28.0 Å². The minimum atomic E-state index is -0.410. The second-order valence-electron chi connectivity index (χ2n) is 8.51. The minimum absolute atomic E-state index is 0.170. The molecule has 0 aliphatic carbocycles. The van der Waals surface area contributed by atoms with Gasteiger partial charge in [0.05, 0.1) is 12.5 Å². The van der Waals surface area contributed by atoms with Gasteiger partial charge in [0.2, 0.25) is 0 Å². The quantitative estimate of drug-likeness (QED) is 0.196. The van der Waals surface area contributed by atoms with E-state index in [-0.39, 0.29) is 23.3 Å². The highest BCUT2D eigenvalue weighted by Gasteiger charge is 2.13. The molecule has 2 aromatic heterocycles. The summed E-state index contributed by atoms with van der Waals surface area (Å²) in [4.78, 5) is 49.9. The Hall–Kier alpha value is -5.90. The van der Waals surface area contributed by atoms with Crippen LogP contribution in [0.4, 0.5) is 22.7 Å². The van der Waals surface area contributed by atoms with E-state index in [4.69, 9.17) is 8.83 Å². The van der Waals surface area contributed by atoms with Crippen LogP contribution in [0.1, 0.15) is 41.8 Å². The van der Waals surface area contributed by atoms with E-state index in [0.717, 1.165) is 0 Å². The highest BCUT2D eigenvalue weighted by atomic mass is 16.3. The Bertz CT molecular complexity index is 1530. The van der Waals surface area contributed by atoms with E-state index in [2.05, 4.69) is 21.3 Å². The fourth-order valence-corrected chi connectivity index (χ4v) is 3.73. The Morgan fingerprint density at radius 2 is 0.775 bits per heavy atom. The number of carbonyl (C=O) groups excluding carboxylic acids is 4. The number of hydrogen-bond acceptors (Lipinski definition) is 6. The van der Waals surface area contributed by atoms with E-state index in [1.54, 1.807) is 72.8 Å². The molecular weight excluding hydrogens is 512 g/mol. The Kier molecular flexibility index (Phi) is 7.50. The van der Waals surface area contributed by atoms with Crippen molar-refractivity contribution >= 4 is 46.4 Å². The molecule has 0 saturated carbocycles. The zero-order valence-electron chi connectivity index (χ0n) is 20.8. The fourth-order valence-electron chi connectivity index (χ4n) is 3.73. The van der Waals surface area contributed by atoms with Gasteiger partial charge < -0.3 is 30.1 Å². The summed E-state index contributed by atoms with van der Waals surface area (Å²) in [5, 5.41) is 10.9. The summed E-state index contributed by atoms with van der Waals surface area (Å²) in [7, 11) is 0. The van der Waals surface area contributed by atoms with Crippen molar-refractivity contribution in [3.8, 4) is 0 Å². The van der Waals surface area contributed by atoms with Crippen LogP contribution >= 0.6 is 0 Å². The van der Waals surface area contributed by atoms with Crippen LogP contribution in [0, 0.1) is 0 Å². The van der Waals surface area contributed by atoms with E-state index >= 15 is 0 Å². The minimum Gasteiger partial charge on any atom is -0.459 e. The van der Waals surface area contributed by atoms with Crippen LogP contribution in [-0.2, 0) is 0 Å². The summed E-state index contributed by atoms with van der Waals surface area (Å²) in [5.41, 5.74) is 2.59. The maximum atomic E-state index is 12.8. The van der Waals surface area contributed by atoms with Crippen molar-refractivity contribution in [2.45, 2.75) is 0 Å². The van der Waals surface area contributed by atoms with Gasteiger partial charge in [-0.15, -0.1) is 0 Å². The molecule has 4 amide bonds. The lowest BCUT2D eigenvalue weighted by Gasteiger charge is -2.10. The van der Waals surface area contributed by atoms with Gasteiger partial charge in [0.15, 0.2) is 11.5 Å². The molecule has 0 aliphatic rings. The smallest absolute Gasteiger partial charge is 0.291 e. The molecule has 10 heteroatoms.